The number of carbonyl (C=O) groups is 1. The maximum atomic E-state index is 12.8. The largest absolute Gasteiger partial charge is 0.356 e. The fourth-order valence-corrected chi connectivity index (χ4v) is 3.09. The Morgan fingerprint density at radius 1 is 1.08 bits per heavy atom. The molecule has 1 N–H and O–H groups in total. The van der Waals surface area contributed by atoms with Gasteiger partial charge in [0.15, 0.2) is 0 Å². The van der Waals surface area contributed by atoms with Crippen LogP contribution >= 0.6 is 0 Å². The van der Waals surface area contributed by atoms with Gasteiger partial charge >= 0.3 is 0 Å². The van der Waals surface area contributed by atoms with Crippen LogP contribution in [0.3, 0.4) is 0 Å². The molecule has 24 heavy (non-hydrogen) atoms. The molecule has 3 rings (SSSR count). The van der Waals surface area contributed by atoms with Gasteiger partial charge in [0.2, 0.25) is 5.91 Å². The van der Waals surface area contributed by atoms with Gasteiger partial charge in [0.05, 0.1) is 0 Å². The Balaban J connectivity index is 1.36. The van der Waals surface area contributed by atoms with E-state index in [0.717, 1.165) is 38.0 Å². The molecule has 0 spiro atoms. The van der Waals surface area contributed by atoms with Gasteiger partial charge in [-0.1, -0.05) is 36.4 Å². The second-order valence-corrected chi connectivity index (χ2v) is 6.27. The number of amides is 1. The van der Waals surface area contributed by atoms with Crippen LogP contribution in [0.1, 0.15) is 23.1 Å². The molecule has 1 amide bonds. The molecule has 1 heterocycles. The van der Waals surface area contributed by atoms with Gasteiger partial charge in [0.25, 0.3) is 0 Å². The summed E-state index contributed by atoms with van der Waals surface area (Å²) in [6.07, 6.45) is 2.30. The molecular weight excluding hydrogens is 303 g/mol. The summed E-state index contributed by atoms with van der Waals surface area (Å²) in [4.78, 5) is 14.3. The molecular formula is C20H23FN2O. The Kier molecular flexibility index (Phi) is 5.59. The molecule has 0 bridgehead atoms. The Hall–Kier alpha value is -2.20. The number of halogens is 1. The Morgan fingerprint density at radius 3 is 2.62 bits per heavy atom. The van der Waals surface area contributed by atoms with Gasteiger partial charge in [0, 0.05) is 32.6 Å². The number of hydrogen-bond acceptors (Lipinski definition) is 2. The maximum absolute atomic E-state index is 12.8. The number of hydrogen-bond donors (Lipinski definition) is 1. The molecule has 0 saturated heterocycles. The van der Waals surface area contributed by atoms with Crippen molar-refractivity contribution in [1.82, 2.24) is 10.2 Å². The van der Waals surface area contributed by atoms with Gasteiger partial charge in [-0.15, -0.1) is 0 Å². The van der Waals surface area contributed by atoms with Crippen molar-refractivity contribution < 1.29 is 9.18 Å². The third kappa shape index (κ3) is 4.65. The van der Waals surface area contributed by atoms with Crippen molar-refractivity contribution in [1.29, 1.82) is 0 Å². The van der Waals surface area contributed by atoms with E-state index in [1.165, 1.54) is 23.3 Å². The normalized spacial score (nSPS) is 14.2. The highest BCUT2D eigenvalue weighted by molar-refractivity contribution is 5.76. The molecule has 4 heteroatoms. The van der Waals surface area contributed by atoms with Gasteiger partial charge in [-0.25, -0.2) is 4.39 Å². The minimum Gasteiger partial charge on any atom is -0.356 e. The van der Waals surface area contributed by atoms with Crippen molar-refractivity contribution in [3.8, 4) is 0 Å². The lowest BCUT2D eigenvalue weighted by molar-refractivity contribution is -0.121. The van der Waals surface area contributed by atoms with Crippen LogP contribution < -0.4 is 5.32 Å². The third-order valence-corrected chi connectivity index (χ3v) is 4.51. The predicted molar refractivity (Wildman–Crippen MR) is 93.2 cm³/mol. The van der Waals surface area contributed by atoms with E-state index in [4.69, 9.17) is 0 Å². The summed E-state index contributed by atoms with van der Waals surface area (Å²) in [6.45, 7) is 3.32. The number of carbonyl (C=O) groups excluding carboxylic acids is 1. The molecule has 0 aliphatic carbocycles. The summed E-state index contributed by atoms with van der Waals surface area (Å²) < 4.78 is 12.8. The van der Waals surface area contributed by atoms with Gasteiger partial charge in [-0.3, -0.25) is 9.69 Å². The number of benzene rings is 2. The van der Waals surface area contributed by atoms with Crippen LogP contribution in [0.15, 0.2) is 48.5 Å². The van der Waals surface area contributed by atoms with E-state index < -0.39 is 0 Å². The first-order valence-corrected chi connectivity index (χ1v) is 8.51. The zero-order valence-corrected chi connectivity index (χ0v) is 13.8. The predicted octanol–water partition coefficient (Wildman–Crippen LogP) is 2.93. The SMILES string of the molecule is O=C(CCN1CCc2ccccc2C1)NCCc1ccc(F)cc1. The lowest BCUT2D eigenvalue weighted by atomic mass is 10.00. The van der Waals surface area contributed by atoms with E-state index in [1.807, 2.05) is 0 Å². The molecule has 0 aromatic heterocycles. The summed E-state index contributed by atoms with van der Waals surface area (Å²) in [5, 5.41) is 2.95. The van der Waals surface area contributed by atoms with Crippen molar-refractivity contribution in [2.75, 3.05) is 19.6 Å². The minimum absolute atomic E-state index is 0.0796. The first-order valence-electron chi connectivity index (χ1n) is 8.51. The van der Waals surface area contributed by atoms with Crippen LogP contribution in [0.2, 0.25) is 0 Å². The minimum atomic E-state index is -0.231. The zero-order chi connectivity index (χ0) is 16.8. The van der Waals surface area contributed by atoms with Crippen LogP contribution in [-0.2, 0) is 24.2 Å². The lowest BCUT2D eigenvalue weighted by Crippen LogP contribution is -2.35. The standard InChI is InChI=1S/C20H23FN2O/c21-19-7-5-16(6-8-19)9-12-22-20(24)11-14-23-13-10-17-3-1-2-4-18(17)15-23/h1-8H,9-15H2,(H,22,24). The van der Waals surface area contributed by atoms with Crippen molar-refractivity contribution in [3.63, 3.8) is 0 Å². The third-order valence-electron chi connectivity index (χ3n) is 4.51. The zero-order valence-electron chi connectivity index (χ0n) is 13.8. The number of nitrogens with zero attached hydrogens (tertiary/aromatic N) is 1. The molecule has 126 valence electrons. The molecule has 2 aromatic carbocycles. The molecule has 0 fully saturated rings. The summed E-state index contributed by atoms with van der Waals surface area (Å²) >= 11 is 0. The van der Waals surface area contributed by atoms with Gasteiger partial charge in [-0.05, 0) is 41.7 Å². The van der Waals surface area contributed by atoms with Crippen molar-refractivity contribution in [2.24, 2.45) is 0 Å². The first kappa shape index (κ1) is 16.7. The summed E-state index contributed by atoms with van der Waals surface area (Å²) in [5.41, 5.74) is 3.84. The highest BCUT2D eigenvalue weighted by atomic mass is 19.1. The number of rotatable bonds is 6. The second kappa shape index (κ2) is 8.06. The average Bonchev–Trinajstić information content (AvgIpc) is 2.61. The van der Waals surface area contributed by atoms with Crippen LogP contribution in [0, 0.1) is 5.82 Å². The highest BCUT2D eigenvalue weighted by Crippen LogP contribution is 2.18. The highest BCUT2D eigenvalue weighted by Gasteiger charge is 2.16. The van der Waals surface area contributed by atoms with Crippen LogP contribution in [0.25, 0.3) is 0 Å². The monoisotopic (exact) mass is 326 g/mol. The van der Waals surface area contributed by atoms with E-state index in [9.17, 15) is 9.18 Å². The summed E-state index contributed by atoms with van der Waals surface area (Å²) in [5.74, 6) is -0.151. The van der Waals surface area contributed by atoms with Crippen LogP contribution in [0.5, 0.6) is 0 Å². The van der Waals surface area contributed by atoms with Gasteiger partial charge < -0.3 is 5.32 Å². The molecule has 0 unspecified atom stereocenters. The van der Waals surface area contributed by atoms with Crippen LogP contribution in [-0.4, -0.2) is 30.4 Å². The second-order valence-electron chi connectivity index (χ2n) is 6.27. The number of fused-ring (bicyclic) bond motifs is 1. The Morgan fingerprint density at radius 2 is 1.83 bits per heavy atom. The molecule has 1 aliphatic heterocycles. The van der Waals surface area contributed by atoms with E-state index in [2.05, 4.69) is 34.5 Å². The van der Waals surface area contributed by atoms with E-state index >= 15 is 0 Å². The first-order chi connectivity index (χ1) is 11.7. The average molecular weight is 326 g/mol. The smallest absolute Gasteiger partial charge is 0.221 e. The van der Waals surface area contributed by atoms with Crippen LogP contribution in [0.4, 0.5) is 4.39 Å². The van der Waals surface area contributed by atoms with Crippen molar-refractivity contribution in [2.45, 2.75) is 25.8 Å². The molecule has 3 nitrogen and oxygen atoms in total. The lowest BCUT2D eigenvalue weighted by Gasteiger charge is -2.28. The molecule has 1 aliphatic rings. The van der Waals surface area contributed by atoms with Crippen molar-refractivity contribution in [3.05, 3.63) is 71.0 Å². The molecule has 0 saturated carbocycles. The molecule has 0 radical (unpaired) electrons. The molecule has 2 aromatic rings. The Labute approximate surface area is 142 Å². The summed E-state index contributed by atoms with van der Waals surface area (Å²) in [7, 11) is 0. The summed E-state index contributed by atoms with van der Waals surface area (Å²) in [6, 6.07) is 14.9. The van der Waals surface area contributed by atoms with Crippen molar-refractivity contribution >= 4 is 5.91 Å². The van der Waals surface area contributed by atoms with E-state index in [-0.39, 0.29) is 11.7 Å². The Bertz CT molecular complexity index is 684. The van der Waals surface area contributed by atoms with E-state index in [1.54, 1.807) is 12.1 Å². The number of nitrogens with one attached hydrogen (secondary N) is 1. The fourth-order valence-electron chi connectivity index (χ4n) is 3.09. The quantitative estimate of drug-likeness (QED) is 0.885. The van der Waals surface area contributed by atoms with Gasteiger partial charge in [-0.2, -0.15) is 0 Å². The maximum Gasteiger partial charge on any atom is 0.221 e. The van der Waals surface area contributed by atoms with E-state index in [0.29, 0.717) is 13.0 Å². The topological polar surface area (TPSA) is 32.3 Å². The van der Waals surface area contributed by atoms with Gasteiger partial charge in [0.1, 0.15) is 5.82 Å². The molecule has 0 atom stereocenters. The fraction of sp³-hybridized carbons (Fsp3) is 0.350.